The Labute approximate surface area is 42.2 Å². The third-order valence-corrected chi connectivity index (χ3v) is 0.982. The number of rotatable bonds is 0. The maximum atomic E-state index is 12.0. The molecule has 1 rings (SSSR count). The van der Waals surface area contributed by atoms with Gasteiger partial charge in [0.05, 0.1) is 0 Å². The van der Waals surface area contributed by atoms with Gasteiger partial charge in [0.2, 0.25) is 0 Å². The minimum absolute atomic E-state index is 0.622. The molecule has 1 heterocycles. The first kappa shape index (κ1) is 4.62. The largest absolute Gasteiger partial charge is 0.362 e. The molecule has 0 aromatic carbocycles. The number of halogens is 1. The number of allylic oxidation sites excluding steroid dienone is 1. The van der Waals surface area contributed by atoms with Crippen molar-refractivity contribution in [3.63, 3.8) is 0 Å². The lowest BCUT2D eigenvalue weighted by molar-refractivity contribution is 0.277. The van der Waals surface area contributed by atoms with E-state index in [-0.39, 0.29) is 0 Å². The average Bonchev–Trinajstić information content (AvgIpc) is 1.69. The SMILES string of the molecule is FC1CCC=CN1. The standard InChI is InChI=1S/C5H8FN/c6-5-3-1-2-4-7-5/h2,4-5,7H,1,3H2. The lowest BCUT2D eigenvalue weighted by atomic mass is 10.2. The second-order valence-electron chi connectivity index (χ2n) is 1.61. The third-order valence-electron chi connectivity index (χ3n) is 0.982. The molecular formula is C5H8FN. The minimum Gasteiger partial charge on any atom is -0.362 e. The predicted molar refractivity (Wildman–Crippen MR) is 26.4 cm³/mol. The molecule has 1 aliphatic heterocycles. The van der Waals surface area contributed by atoms with Crippen LogP contribution in [0, 0.1) is 0 Å². The molecule has 40 valence electrons. The normalized spacial score (nSPS) is 29.6. The van der Waals surface area contributed by atoms with Crippen molar-refractivity contribution in [2.45, 2.75) is 19.1 Å². The van der Waals surface area contributed by atoms with Crippen LogP contribution >= 0.6 is 0 Å². The van der Waals surface area contributed by atoms with Crippen LogP contribution in [0.4, 0.5) is 4.39 Å². The van der Waals surface area contributed by atoms with Crippen LogP contribution in [0.2, 0.25) is 0 Å². The van der Waals surface area contributed by atoms with Crippen molar-refractivity contribution in [2.24, 2.45) is 0 Å². The summed E-state index contributed by atoms with van der Waals surface area (Å²) < 4.78 is 12.0. The summed E-state index contributed by atoms with van der Waals surface area (Å²) in [5.74, 6) is 0. The summed E-state index contributed by atoms with van der Waals surface area (Å²) in [5.41, 5.74) is 0. The quantitative estimate of drug-likeness (QED) is 0.452. The fourth-order valence-corrected chi connectivity index (χ4v) is 0.582. The summed E-state index contributed by atoms with van der Waals surface area (Å²) in [6, 6.07) is 0. The van der Waals surface area contributed by atoms with Gasteiger partial charge in [0.15, 0.2) is 6.30 Å². The molecule has 2 heteroatoms. The zero-order valence-corrected chi connectivity index (χ0v) is 4.02. The van der Waals surface area contributed by atoms with Gasteiger partial charge in [0, 0.05) is 6.42 Å². The number of nitrogens with one attached hydrogen (secondary N) is 1. The lowest BCUT2D eigenvalue weighted by Crippen LogP contribution is -2.20. The Bertz CT molecular complexity index is 80.1. The van der Waals surface area contributed by atoms with Crippen LogP contribution in [0.3, 0.4) is 0 Å². The van der Waals surface area contributed by atoms with Crippen LogP contribution in [-0.4, -0.2) is 6.30 Å². The molecule has 1 nitrogen and oxygen atoms in total. The molecule has 0 bridgehead atoms. The molecule has 0 fully saturated rings. The van der Waals surface area contributed by atoms with Gasteiger partial charge in [-0.15, -0.1) is 0 Å². The topological polar surface area (TPSA) is 12.0 Å². The number of hydrogen-bond acceptors (Lipinski definition) is 1. The molecular weight excluding hydrogens is 93.1 g/mol. The first-order chi connectivity index (χ1) is 3.39. The Morgan fingerprint density at radius 2 is 2.57 bits per heavy atom. The Morgan fingerprint density at radius 3 is 2.86 bits per heavy atom. The van der Waals surface area contributed by atoms with E-state index in [9.17, 15) is 4.39 Å². The lowest BCUT2D eigenvalue weighted by Gasteiger charge is -2.09. The van der Waals surface area contributed by atoms with Crippen LogP contribution in [0.1, 0.15) is 12.8 Å². The molecule has 1 atom stereocenters. The van der Waals surface area contributed by atoms with Crippen LogP contribution in [0.5, 0.6) is 0 Å². The van der Waals surface area contributed by atoms with Gasteiger partial charge in [0.25, 0.3) is 0 Å². The molecule has 0 aromatic heterocycles. The van der Waals surface area contributed by atoms with E-state index in [1.165, 1.54) is 0 Å². The highest BCUT2D eigenvalue weighted by Crippen LogP contribution is 2.03. The first-order valence-electron chi connectivity index (χ1n) is 2.45. The second kappa shape index (κ2) is 1.96. The van der Waals surface area contributed by atoms with E-state index in [1.807, 2.05) is 6.08 Å². The zero-order valence-electron chi connectivity index (χ0n) is 4.02. The van der Waals surface area contributed by atoms with Crippen LogP contribution in [0.15, 0.2) is 12.3 Å². The Balaban J connectivity index is 2.32. The Hall–Kier alpha value is -0.530. The van der Waals surface area contributed by atoms with Gasteiger partial charge in [0.1, 0.15) is 0 Å². The summed E-state index contributed by atoms with van der Waals surface area (Å²) in [7, 11) is 0. The molecule has 0 saturated heterocycles. The van der Waals surface area contributed by atoms with E-state index >= 15 is 0 Å². The molecule has 0 amide bonds. The summed E-state index contributed by atoms with van der Waals surface area (Å²) in [6.07, 6.45) is 4.28. The highest BCUT2D eigenvalue weighted by molar-refractivity contribution is 4.85. The van der Waals surface area contributed by atoms with Crippen molar-refractivity contribution < 1.29 is 4.39 Å². The Kier molecular flexibility index (Phi) is 1.29. The molecule has 1 aliphatic rings. The second-order valence-corrected chi connectivity index (χ2v) is 1.61. The fraction of sp³-hybridized carbons (Fsp3) is 0.600. The molecule has 0 aromatic rings. The van der Waals surface area contributed by atoms with E-state index < -0.39 is 6.30 Å². The van der Waals surface area contributed by atoms with Gasteiger partial charge < -0.3 is 5.32 Å². The molecule has 1 unspecified atom stereocenters. The zero-order chi connectivity index (χ0) is 5.11. The van der Waals surface area contributed by atoms with Gasteiger partial charge in [-0.2, -0.15) is 0 Å². The van der Waals surface area contributed by atoms with Gasteiger partial charge >= 0.3 is 0 Å². The van der Waals surface area contributed by atoms with E-state index in [1.54, 1.807) is 6.20 Å². The highest BCUT2D eigenvalue weighted by Gasteiger charge is 2.02. The van der Waals surface area contributed by atoms with E-state index in [4.69, 9.17) is 0 Å². The van der Waals surface area contributed by atoms with Crippen LogP contribution < -0.4 is 5.32 Å². The van der Waals surface area contributed by atoms with Gasteiger partial charge in [-0.25, -0.2) is 4.39 Å². The molecule has 0 saturated carbocycles. The summed E-state index contributed by atoms with van der Waals surface area (Å²) in [5, 5.41) is 2.53. The molecule has 0 spiro atoms. The van der Waals surface area contributed by atoms with E-state index in [2.05, 4.69) is 5.32 Å². The third kappa shape index (κ3) is 1.18. The molecule has 7 heavy (non-hydrogen) atoms. The monoisotopic (exact) mass is 101 g/mol. The van der Waals surface area contributed by atoms with Gasteiger partial charge in [-0.05, 0) is 12.6 Å². The van der Waals surface area contributed by atoms with Crippen molar-refractivity contribution in [3.8, 4) is 0 Å². The highest BCUT2D eigenvalue weighted by atomic mass is 19.1. The molecule has 1 N–H and O–H groups in total. The number of hydrogen-bond donors (Lipinski definition) is 1. The Morgan fingerprint density at radius 1 is 1.71 bits per heavy atom. The van der Waals surface area contributed by atoms with Crippen molar-refractivity contribution >= 4 is 0 Å². The summed E-state index contributed by atoms with van der Waals surface area (Å²) in [6.45, 7) is 0. The van der Waals surface area contributed by atoms with Crippen LogP contribution in [-0.2, 0) is 0 Å². The van der Waals surface area contributed by atoms with Crippen molar-refractivity contribution in [1.82, 2.24) is 5.32 Å². The summed E-state index contributed by atoms with van der Waals surface area (Å²) in [4.78, 5) is 0. The van der Waals surface area contributed by atoms with Crippen molar-refractivity contribution in [1.29, 1.82) is 0 Å². The number of alkyl halides is 1. The van der Waals surface area contributed by atoms with Gasteiger partial charge in [-0.1, -0.05) is 6.08 Å². The maximum Gasteiger partial charge on any atom is 0.169 e. The van der Waals surface area contributed by atoms with Gasteiger partial charge in [-0.3, -0.25) is 0 Å². The molecule has 0 aliphatic carbocycles. The smallest absolute Gasteiger partial charge is 0.169 e. The van der Waals surface area contributed by atoms with E-state index in [0.29, 0.717) is 6.42 Å². The van der Waals surface area contributed by atoms with E-state index in [0.717, 1.165) is 6.42 Å². The van der Waals surface area contributed by atoms with Crippen LogP contribution in [0.25, 0.3) is 0 Å². The predicted octanol–water partition coefficient (Wildman–Crippen LogP) is 1.18. The fourth-order valence-electron chi connectivity index (χ4n) is 0.582. The summed E-state index contributed by atoms with van der Waals surface area (Å²) >= 11 is 0. The van der Waals surface area contributed by atoms with Crippen molar-refractivity contribution in [2.75, 3.05) is 0 Å². The maximum absolute atomic E-state index is 12.0. The minimum atomic E-state index is -0.801. The average molecular weight is 101 g/mol. The van der Waals surface area contributed by atoms with Crippen molar-refractivity contribution in [3.05, 3.63) is 12.3 Å². The first-order valence-corrected chi connectivity index (χ1v) is 2.45. The molecule has 0 radical (unpaired) electrons.